The molecule has 2 heterocycles. The second kappa shape index (κ2) is 7.36. The number of pyridine rings is 1. The van der Waals surface area contributed by atoms with Gasteiger partial charge in [-0.25, -0.2) is 4.39 Å². The highest BCUT2D eigenvalue weighted by Gasteiger charge is 2.32. The number of hydrogen-bond donors (Lipinski definition) is 0. The second-order valence-corrected chi connectivity index (χ2v) is 6.45. The van der Waals surface area contributed by atoms with E-state index in [-0.39, 0.29) is 17.4 Å². The number of benzene rings is 1. The molecule has 27 heavy (non-hydrogen) atoms. The number of ether oxygens (including phenoxy) is 1. The summed E-state index contributed by atoms with van der Waals surface area (Å²) in [5.74, 6) is -0.233. The zero-order valence-electron chi connectivity index (χ0n) is 13.8. The van der Waals surface area contributed by atoms with Gasteiger partial charge in [-0.2, -0.15) is 18.2 Å². The Morgan fingerprint density at radius 1 is 1.15 bits per heavy atom. The number of aryl methyl sites for hydroxylation is 1. The van der Waals surface area contributed by atoms with Crippen LogP contribution in [0.3, 0.4) is 0 Å². The molecule has 1 aromatic carbocycles. The van der Waals surface area contributed by atoms with Crippen LogP contribution in [0.1, 0.15) is 10.4 Å². The molecule has 0 aliphatic carbocycles. The summed E-state index contributed by atoms with van der Waals surface area (Å²) in [6, 6.07) is 9.21. The number of anilines is 2. The van der Waals surface area contributed by atoms with Gasteiger partial charge in [-0.3, -0.25) is 9.69 Å². The molecule has 0 aliphatic heterocycles. The minimum Gasteiger partial charge on any atom is -0.438 e. The lowest BCUT2D eigenvalue weighted by Crippen LogP contribution is -2.15. The van der Waals surface area contributed by atoms with E-state index in [9.17, 15) is 22.4 Å². The van der Waals surface area contributed by atoms with Crippen LogP contribution in [0.2, 0.25) is 0 Å². The fourth-order valence-corrected chi connectivity index (χ4v) is 2.96. The minimum atomic E-state index is -4.45. The van der Waals surface area contributed by atoms with Crippen LogP contribution in [-0.2, 0) is 11.0 Å². The molecule has 9 heteroatoms. The average molecular weight is 396 g/mol. The molecule has 0 unspecified atom stereocenters. The van der Waals surface area contributed by atoms with E-state index in [0.29, 0.717) is 29.0 Å². The standard InChI is InChI=1S/C18H12F4N2O2S/c1-11-6-16(24(10-25)13-4-2-12(19)3-5-13)23-17(7-11)26-14-8-15(27-9-14)18(20,21)22/h2-10H,1H3. The SMILES string of the molecule is Cc1cc(Oc2csc(C(F)(F)F)c2)nc(N(C=O)c2ccc(F)cc2)c1. The molecule has 0 spiro atoms. The maximum absolute atomic E-state index is 13.1. The lowest BCUT2D eigenvalue weighted by atomic mass is 10.2. The Kier molecular flexibility index (Phi) is 5.13. The Labute approximate surface area is 155 Å². The number of rotatable bonds is 5. The fraction of sp³-hybridized carbons (Fsp3) is 0.111. The van der Waals surface area contributed by atoms with Gasteiger partial charge in [-0.15, -0.1) is 11.3 Å². The summed E-state index contributed by atoms with van der Waals surface area (Å²) in [7, 11) is 0. The van der Waals surface area contributed by atoms with E-state index in [2.05, 4.69) is 4.98 Å². The fourth-order valence-electron chi connectivity index (χ4n) is 2.28. The van der Waals surface area contributed by atoms with Crippen molar-refractivity contribution in [3.05, 3.63) is 64.1 Å². The zero-order valence-corrected chi connectivity index (χ0v) is 14.6. The maximum atomic E-state index is 13.1. The highest BCUT2D eigenvalue weighted by Crippen LogP contribution is 2.38. The van der Waals surface area contributed by atoms with E-state index in [1.165, 1.54) is 40.6 Å². The molecule has 2 aromatic heterocycles. The summed E-state index contributed by atoms with van der Waals surface area (Å²) >= 11 is 0.513. The number of carbonyl (C=O) groups excluding carboxylic acids is 1. The van der Waals surface area contributed by atoms with Crippen LogP contribution in [-0.4, -0.2) is 11.4 Å². The van der Waals surface area contributed by atoms with Gasteiger partial charge in [0.25, 0.3) is 0 Å². The van der Waals surface area contributed by atoms with Crippen LogP contribution < -0.4 is 9.64 Å². The van der Waals surface area contributed by atoms with Crippen molar-refractivity contribution in [1.29, 1.82) is 0 Å². The van der Waals surface area contributed by atoms with Crippen LogP contribution in [0.5, 0.6) is 11.6 Å². The highest BCUT2D eigenvalue weighted by atomic mass is 32.1. The van der Waals surface area contributed by atoms with Gasteiger partial charge in [0.15, 0.2) is 0 Å². The summed E-state index contributed by atoms with van der Waals surface area (Å²) < 4.78 is 56.6. The van der Waals surface area contributed by atoms with Crippen LogP contribution in [0, 0.1) is 12.7 Å². The molecule has 0 N–H and O–H groups in total. The van der Waals surface area contributed by atoms with Crippen LogP contribution in [0.25, 0.3) is 0 Å². The number of hydrogen-bond acceptors (Lipinski definition) is 4. The molecular weight excluding hydrogens is 384 g/mol. The molecule has 0 saturated carbocycles. The zero-order chi connectivity index (χ0) is 19.6. The molecule has 0 atom stereocenters. The quantitative estimate of drug-likeness (QED) is 0.411. The van der Waals surface area contributed by atoms with Crippen molar-refractivity contribution in [1.82, 2.24) is 4.98 Å². The molecular formula is C18H12F4N2O2S. The molecule has 140 valence electrons. The lowest BCUT2D eigenvalue weighted by Gasteiger charge is -2.18. The Morgan fingerprint density at radius 3 is 2.44 bits per heavy atom. The van der Waals surface area contributed by atoms with Gasteiger partial charge in [0.1, 0.15) is 22.3 Å². The van der Waals surface area contributed by atoms with Gasteiger partial charge >= 0.3 is 6.18 Å². The molecule has 3 aromatic rings. The Morgan fingerprint density at radius 2 is 1.85 bits per heavy atom. The van der Waals surface area contributed by atoms with E-state index in [1.807, 2.05) is 0 Å². The maximum Gasteiger partial charge on any atom is 0.425 e. The number of thiophene rings is 1. The summed E-state index contributed by atoms with van der Waals surface area (Å²) in [6.45, 7) is 1.72. The molecule has 0 bridgehead atoms. The first-order valence-electron chi connectivity index (χ1n) is 7.58. The average Bonchev–Trinajstić information content (AvgIpc) is 3.05. The van der Waals surface area contributed by atoms with Crippen molar-refractivity contribution in [2.75, 3.05) is 4.90 Å². The molecule has 0 saturated heterocycles. The summed E-state index contributed by atoms with van der Waals surface area (Å²) in [5, 5.41) is 1.23. The first-order valence-corrected chi connectivity index (χ1v) is 8.46. The van der Waals surface area contributed by atoms with Gasteiger partial charge < -0.3 is 4.74 Å². The van der Waals surface area contributed by atoms with Crippen LogP contribution in [0.15, 0.2) is 47.8 Å². The highest BCUT2D eigenvalue weighted by molar-refractivity contribution is 7.10. The first-order chi connectivity index (χ1) is 12.8. The Balaban J connectivity index is 1.90. The number of halogens is 4. The van der Waals surface area contributed by atoms with Gasteiger partial charge in [0.05, 0.1) is 5.69 Å². The van der Waals surface area contributed by atoms with E-state index in [4.69, 9.17) is 4.74 Å². The number of amides is 1. The third-order valence-corrected chi connectivity index (χ3v) is 4.42. The summed E-state index contributed by atoms with van der Waals surface area (Å²) in [5.41, 5.74) is 1.06. The van der Waals surface area contributed by atoms with Crippen molar-refractivity contribution in [3.8, 4) is 11.6 Å². The number of aromatic nitrogens is 1. The topological polar surface area (TPSA) is 42.4 Å². The Hall–Kier alpha value is -2.94. The summed E-state index contributed by atoms with van der Waals surface area (Å²) in [6.07, 6.45) is -3.94. The number of carbonyl (C=O) groups is 1. The molecule has 0 aliphatic rings. The lowest BCUT2D eigenvalue weighted by molar-refractivity contribution is -0.134. The van der Waals surface area contributed by atoms with Crippen molar-refractivity contribution in [2.45, 2.75) is 13.1 Å². The monoisotopic (exact) mass is 396 g/mol. The van der Waals surface area contributed by atoms with Gasteiger partial charge in [-0.1, -0.05) is 0 Å². The number of alkyl halides is 3. The Bertz CT molecular complexity index is 955. The van der Waals surface area contributed by atoms with Gasteiger partial charge in [-0.05, 0) is 42.8 Å². The molecule has 4 nitrogen and oxygen atoms in total. The smallest absolute Gasteiger partial charge is 0.425 e. The van der Waals surface area contributed by atoms with E-state index >= 15 is 0 Å². The van der Waals surface area contributed by atoms with Crippen molar-refractivity contribution in [3.63, 3.8) is 0 Å². The summed E-state index contributed by atoms with van der Waals surface area (Å²) in [4.78, 5) is 16.1. The van der Waals surface area contributed by atoms with Crippen molar-refractivity contribution < 1.29 is 27.1 Å². The van der Waals surface area contributed by atoms with Gasteiger partial charge in [0, 0.05) is 17.5 Å². The van der Waals surface area contributed by atoms with Crippen LogP contribution in [0.4, 0.5) is 29.1 Å². The minimum absolute atomic E-state index is 0.00388. The largest absolute Gasteiger partial charge is 0.438 e. The third kappa shape index (κ3) is 4.43. The van der Waals surface area contributed by atoms with E-state index < -0.39 is 16.9 Å². The third-order valence-electron chi connectivity index (χ3n) is 3.47. The van der Waals surface area contributed by atoms with Gasteiger partial charge in [0.2, 0.25) is 12.3 Å². The predicted octanol–water partition coefficient (Wildman–Crippen LogP) is 5.70. The van der Waals surface area contributed by atoms with E-state index in [0.717, 1.165) is 6.07 Å². The normalized spacial score (nSPS) is 11.3. The number of nitrogens with zero attached hydrogens (tertiary/aromatic N) is 2. The molecule has 1 amide bonds. The van der Waals surface area contributed by atoms with Crippen LogP contribution >= 0.6 is 11.3 Å². The predicted molar refractivity (Wildman–Crippen MR) is 93.0 cm³/mol. The second-order valence-electron chi connectivity index (χ2n) is 5.54. The molecule has 3 rings (SSSR count). The molecule has 0 fully saturated rings. The molecule has 0 radical (unpaired) electrons. The van der Waals surface area contributed by atoms with E-state index in [1.54, 1.807) is 13.0 Å². The van der Waals surface area contributed by atoms with Crippen molar-refractivity contribution in [2.24, 2.45) is 0 Å². The first kappa shape index (κ1) is 18.8. The van der Waals surface area contributed by atoms with Crippen molar-refractivity contribution >= 4 is 29.3 Å².